The van der Waals surface area contributed by atoms with Gasteiger partial charge in [-0.3, -0.25) is 4.79 Å². The highest BCUT2D eigenvalue weighted by atomic mass is 32.2. The van der Waals surface area contributed by atoms with Crippen molar-refractivity contribution in [1.82, 2.24) is 4.72 Å². The van der Waals surface area contributed by atoms with Crippen molar-refractivity contribution in [2.45, 2.75) is 56.0 Å². The second kappa shape index (κ2) is 10.2. The van der Waals surface area contributed by atoms with Crippen molar-refractivity contribution in [3.63, 3.8) is 0 Å². The Morgan fingerprint density at radius 3 is 2.48 bits per heavy atom. The summed E-state index contributed by atoms with van der Waals surface area (Å²) in [5.74, 6) is 0.409. The molecule has 0 bridgehead atoms. The lowest BCUT2D eigenvalue weighted by Gasteiger charge is -2.35. The molecule has 4 aliphatic rings. The molecule has 6 rings (SSSR count). The molecule has 0 aromatic heterocycles. The molecule has 1 aliphatic carbocycles. The van der Waals surface area contributed by atoms with E-state index < -0.39 is 15.7 Å². The van der Waals surface area contributed by atoms with Crippen LogP contribution in [0.15, 0.2) is 35.2 Å². The number of halogens is 1. The SMILES string of the molecule is CC1(F)CCN(c2cc(C(=O)Nc3ccc(S(=O)(=O)NCCO)cc3N3CCC4(CC3)CC4)cc3c2OCC3)C1. The molecule has 3 fully saturated rings. The number of anilines is 3. The molecule has 40 heavy (non-hydrogen) atoms. The molecule has 3 aliphatic heterocycles. The Kier molecular flexibility index (Phi) is 6.95. The summed E-state index contributed by atoms with van der Waals surface area (Å²) in [6.07, 6.45) is 5.66. The lowest BCUT2D eigenvalue weighted by molar-refractivity contribution is 0.102. The van der Waals surface area contributed by atoms with E-state index in [2.05, 4.69) is 14.9 Å². The van der Waals surface area contributed by atoms with Gasteiger partial charge in [-0.25, -0.2) is 17.5 Å². The first-order valence-electron chi connectivity index (χ1n) is 14.1. The lowest BCUT2D eigenvalue weighted by Crippen LogP contribution is -2.35. The smallest absolute Gasteiger partial charge is 0.255 e. The molecular weight excluding hydrogens is 535 g/mol. The molecule has 1 amide bonds. The van der Waals surface area contributed by atoms with Gasteiger partial charge in [0.15, 0.2) is 0 Å². The Balaban J connectivity index is 1.30. The first-order valence-corrected chi connectivity index (χ1v) is 15.6. The Bertz CT molecular complexity index is 1420. The minimum atomic E-state index is -3.82. The maximum atomic E-state index is 14.7. The largest absolute Gasteiger partial charge is 0.491 e. The van der Waals surface area contributed by atoms with E-state index in [1.54, 1.807) is 25.1 Å². The van der Waals surface area contributed by atoms with Crippen molar-refractivity contribution in [1.29, 1.82) is 0 Å². The normalized spacial score (nSPS) is 23.3. The van der Waals surface area contributed by atoms with Crippen LogP contribution in [0.1, 0.15) is 54.9 Å². The van der Waals surface area contributed by atoms with E-state index in [9.17, 15) is 17.6 Å². The summed E-state index contributed by atoms with van der Waals surface area (Å²) in [5.41, 5.74) is 2.46. The predicted octanol–water partition coefficient (Wildman–Crippen LogP) is 3.46. The molecule has 0 radical (unpaired) electrons. The summed E-state index contributed by atoms with van der Waals surface area (Å²) in [6.45, 7) is 4.11. The summed E-state index contributed by atoms with van der Waals surface area (Å²) < 4.78 is 48.6. The average molecular weight is 573 g/mol. The Morgan fingerprint density at radius 2 is 1.80 bits per heavy atom. The summed E-state index contributed by atoms with van der Waals surface area (Å²) in [6, 6.07) is 8.32. The van der Waals surface area contributed by atoms with Gasteiger partial charge in [0.25, 0.3) is 5.91 Å². The lowest BCUT2D eigenvalue weighted by atomic mass is 9.93. The first kappa shape index (κ1) is 27.3. The van der Waals surface area contributed by atoms with Crippen LogP contribution in [-0.2, 0) is 16.4 Å². The quantitative estimate of drug-likeness (QED) is 0.444. The number of sulfonamides is 1. The van der Waals surface area contributed by atoms with Crippen LogP contribution in [0.4, 0.5) is 21.5 Å². The number of amides is 1. The second-order valence-electron chi connectivity index (χ2n) is 11.9. The van der Waals surface area contributed by atoms with Gasteiger partial charge in [0.2, 0.25) is 10.0 Å². The van der Waals surface area contributed by atoms with Gasteiger partial charge in [0.05, 0.1) is 41.7 Å². The zero-order valence-corrected chi connectivity index (χ0v) is 23.7. The number of hydrogen-bond acceptors (Lipinski definition) is 7. The fourth-order valence-electron chi connectivity index (χ4n) is 6.19. The van der Waals surface area contributed by atoms with Gasteiger partial charge < -0.3 is 25.0 Å². The average Bonchev–Trinajstić information content (AvgIpc) is 3.33. The van der Waals surface area contributed by atoms with Gasteiger partial charge >= 0.3 is 0 Å². The van der Waals surface area contributed by atoms with E-state index >= 15 is 0 Å². The molecule has 11 heteroatoms. The minimum absolute atomic E-state index is 0.0780. The molecule has 2 saturated heterocycles. The molecule has 1 spiro atoms. The molecule has 1 atom stereocenters. The number of nitrogens with zero attached hydrogens (tertiary/aromatic N) is 2. The predicted molar refractivity (Wildman–Crippen MR) is 152 cm³/mol. The van der Waals surface area contributed by atoms with E-state index in [0.29, 0.717) is 48.3 Å². The van der Waals surface area contributed by atoms with Crippen molar-refractivity contribution in [2.24, 2.45) is 5.41 Å². The first-order chi connectivity index (χ1) is 19.1. The van der Waals surface area contributed by atoms with Crippen molar-refractivity contribution in [3.8, 4) is 5.75 Å². The van der Waals surface area contributed by atoms with Crippen LogP contribution >= 0.6 is 0 Å². The number of carbonyl (C=O) groups is 1. The summed E-state index contributed by atoms with van der Waals surface area (Å²) in [4.78, 5) is 17.8. The Morgan fingerprint density at radius 1 is 1.05 bits per heavy atom. The van der Waals surface area contributed by atoms with Gasteiger partial charge in [0, 0.05) is 50.1 Å². The maximum Gasteiger partial charge on any atom is 0.255 e. The molecule has 9 nitrogen and oxygen atoms in total. The number of hydrogen-bond donors (Lipinski definition) is 3. The highest BCUT2D eigenvalue weighted by Gasteiger charge is 2.44. The third-order valence-electron chi connectivity index (χ3n) is 8.84. The van der Waals surface area contributed by atoms with E-state index in [-0.39, 0.29) is 30.5 Å². The number of ether oxygens (including phenoxy) is 1. The van der Waals surface area contributed by atoms with E-state index in [0.717, 1.165) is 42.9 Å². The zero-order chi connectivity index (χ0) is 28.1. The molecular formula is C29H37FN4O5S. The molecule has 1 unspecified atom stereocenters. The molecule has 2 aromatic rings. The van der Waals surface area contributed by atoms with Gasteiger partial charge in [-0.15, -0.1) is 0 Å². The Labute approximate surface area is 234 Å². The number of piperidine rings is 1. The fourth-order valence-corrected chi connectivity index (χ4v) is 7.23. The van der Waals surface area contributed by atoms with Crippen LogP contribution in [0.2, 0.25) is 0 Å². The van der Waals surface area contributed by atoms with Gasteiger partial charge in [-0.05, 0) is 68.4 Å². The van der Waals surface area contributed by atoms with Crippen molar-refractivity contribution in [2.75, 3.05) is 61.1 Å². The summed E-state index contributed by atoms with van der Waals surface area (Å²) in [7, 11) is -3.82. The van der Waals surface area contributed by atoms with Gasteiger partial charge in [0.1, 0.15) is 11.4 Å². The monoisotopic (exact) mass is 572 g/mol. The van der Waals surface area contributed by atoms with Gasteiger partial charge in [-0.1, -0.05) is 0 Å². The number of nitrogens with one attached hydrogen (secondary N) is 2. The van der Waals surface area contributed by atoms with E-state index in [1.807, 2.05) is 11.0 Å². The van der Waals surface area contributed by atoms with Crippen LogP contribution in [0.3, 0.4) is 0 Å². The topological polar surface area (TPSA) is 111 Å². The van der Waals surface area contributed by atoms with Crippen molar-refractivity contribution < 1.29 is 27.4 Å². The second-order valence-corrected chi connectivity index (χ2v) is 13.7. The third-order valence-corrected chi connectivity index (χ3v) is 10.3. The highest BCUT2D eigenvalue weighted by molar-refractivity contribution is 7.89. The maximum absolute atomic E-state index is 14.7. The number of aliphatic hydroxyl groups is 1. The summed E-state index contributed by atoms with van der Waals surface area (Å²) >= 11 is 0. The molecule has 2 aromatic carbocycles. The summed E-state index contributed by atoms with van der Waals surface area (Å²) in [5, 5.41) is 12.1. The number of rotatable bonds is 8. The van der Waals surface area contributed by atoms with Crippen LogP contribution in [0, 0.1) is 5.41 Å². The molecule has 3 heterocycles. The number of alkyl halides is 1. The molecule has 3 N–H and O–H groups in total. The zero-order valence-electron chi connectivity index (χ0n) is 22.8. The number of carbonyl (C=O) groups excluding carboxylic acids is 1. The standard InChI is InChI=1S/C29H37FN4O5S/c1-28(30)7-11-34(19-28)25-17-21(16-20-4-15-39-26(20)25)27(36)32-23-3-2-22(40(37,38)31-10-14-35)18-24(23)33-12-8-29(5-6-29)9-13-33/h2-3,16-18,31,35H,4-15,19H2,1H3,(H,32,36). The van der Waals surface area contributed by atoms with Crippen LogP contribution in [-0.4, -0.2) is 71.0 Å². The minimum Gasteiger partial charge on any atom is -0.491 e. The Hall–Kier alpha value is -2.89. The van der Waals surface area contributed by atoms with Crippen molar-refractivity contribution >= 4 is 33.0 Å². The number of fused-ring (bicyclic) bond motifs is 1. The molecule has 1 saturated carbocycles. The number of aliphatic hydroxyl groups excluding tert-OH is 1. The van der Waals surface area contributed by atoms with Crippen LogP contribution in [0.25, 0.3) is 0 Å². The van der Waals surface area contributed by atoms with Crippen LogP contribution < -0.4 is 24.6 Å². The number of benzene rings is 2. The molecule has 216 valence electrons. The van der Waals surface area contributed by atoms with E-state index in [1.165, 1.54) is 18.9 Å². The van der Waals surface area contributed by atoms with E-state index in [4.69, 9.17) is 9.84 Å². The third kappa shape index (κ3) is 5.38. The van der Waals surface area contributed by atoms with Crippen LogP contribution in [0.5, 0.6) is 5.75 Å². The van der Waals surface area contributed by atoms with Crippen molar-refractivity contribution in [3.05, 3.63) is 41.5 Å². The fraction of sp³-hybridized carbons (Fsp3) is 0.552. The van der Waals surface area contributed by atoms with Gasteiger partial charge in [-0.2, -0.15) is 0 Å². The highest BCUT2D eigenvalue weighted by Crippen LogP contribution is 2.54.